The molecule has 1 N–H and O–H groups in total. The van der Waals surface area contributed by atoms with Gasteiger partial charge < -0.3 is 5.32 Å². The van der Waals surface area contributed by atoms with Gasteiger partial charge in [0.2, 0.25) is 0 Å². The molecule has 1 aromatic heterocycles. The van der Waals surface area contributed by atoms with Crippen molar-refractivity contribution in [2.24, 2.45) is 9.98 Å². The van der Waals surface area contributed by atoms with E-state index in [1.54, 1.807) is 24.6 Å². The minimum Gasteiger partial charge on any atom is -0.370 e. The molecular weight excluding hydrogens is 448 g/mol. The third-order valence-electron chi connectivity index (χ3n) is 6.80. The first kappa shape index (κ1) is 27.7. The number of hydrogen-bond acceptors (Lipinski definition) is 5. The molecule has 1 aromatic rings. The molecular formula is C30H42N4O2. The van der Waals surface area contributed by atoms with E-state index in [0.29, 0.717) is 17.0 Å². The first-order chi connectivity index (χ1) is 17.7. The summed E-state index contributed by atoms with van der Waals surface area (Å²) >= 11 is 0. The Morgan fingerprint density at radius 2 is 1.50 bits per heavy atom. The molecule has 36 heavy (non-hydrogen) atoms. The number of hydrogen-bond donors (Lipinski definition) is 1. The number of unbranched alkanes of at least 4 members (excludes halogenated alkanes) is 10. The normalized spacial score (nSPS) is 18.3. The van der Waals surface area contributed by atoms with Gasteiger partial charge in [-0.2, -0.15) is 0 Å². The summed E-state index contributed by atoms with van der Waals surface area (Å²) in [5, 5.41) is 3.33. The van der Waals surface area contributed by atoms with Crippen molar-refractivity contribution < 1.29 is 9.59 Å². The van der Waals surface area contributed by atoms with Crippen molar-refractivity contribution in [1.82, 2.24) is 4.98 Å². The van der Waals surface area contributed by atoms with Crippen LogP contribution in [0.15, 0.2) is 51.6 Å². The number of aromatic nitrogens is 1. The van der Waals surface area contributed by atoms with Gasteiger partial charge in [-0.15, -0.1) is 0 Å². The molecule has 0 saturated heterocycles. The van der Waals surface area contributed by atoms with Gasteiger partial charge in [-0.1, -0.05) is 84.1 Å². The zero-order valence-electron chi connectivity index (χ0n) is 22.1. The Balaban J connectivity index is 1.44. The maximum absolute atomic E-state index is 12.8. The number of nitrogens with zero attached hydrogens (tertiary/aromatic N) is 3. The highest BCUT2D eigenvalue weighted by atomic mass is 16.2. The molecule has 1 aliphatic heterocycles. The van der Waals surface area contributed by atoms with Crippen LogP contribution < -0.4 is 5.32 Å². The summed E-state index contributed by atoms with van der Waals surface area (Å²) in [4.78, 5) is 38.9. The van der Waals surface area contributed by atoms with Crippen molar-refractivity contribution in [3.63, 3.8) is 0 Å². The third kappa shape index (κ3) is 8.07. The van der Waals surface area contributed by atoms with Crippen LogP contribution in [0.2, 0.25) is 0 Å². The molecule has 0 radical (unpaired) electrons. The minimum atomic E-state index is -0.753. The molecule has 0 amide bonds. The summed E-state index contributed by atoms with van der Waals surface area (Å²) in [6, 6.07) is 3.68. The van der Waals surface area contributed by atoms with Crippen molar-refractivity contribution in [1.29, 1.82) is 0 Å². The van der Waals surface area contributed by atoms with Crippen LogP contribution in [-0.4, -0.2) is 41.7 Å². The van der Waals surface area contributed by atoms with Gasteiger partial charge in [0.1, 0.15) is 17.6 Å². The highest BCUT2D eigenvalue weighted by molar-refractivity contribution is 6.43. The molecule has 6 nitrogen and oxygen atoms in total. The van der Waals surface area contributed by atoms with Crippen molar-refractivity contribution >= 4 is 29.4 Å². The van der Waals surface area contributed by atoms with E-state index in [4.69, 9.17) is 0 Å². The number of carbonyl (C=O) groups excluding carboxylic acids is 2. The number of nitrogens with one attached hydrogen (secondary N) is 1. The topological polar surface area (TPSA) is 83.8 Å². The molecule has 6 heteroatoms. The molecule has 0 atom stereocenters. The summed E-state index contributed by atoms with van der Waals surface area (Å²) < 4.78 is 0. The lowest BCUT2D eigenvalue weighted by atomic mass is 9.71. The molecule has 2 aliphatic rings. The van der Waals surface area contributed by atoms with Crippen LogP contribution in [0.3, 0.4) is 0 Å². The Kier molecular flexibility index (Phi) is 11.7. The van der Waals surface area contributed by atoms with Crippen LogP contribution >= 0.6 is 0 Å². The molecule has 1 fully saturated rings. The third-order valence-corrected chi connectivity index (χ3v) is 6.80. The van der Waals surface area contributed by atoms with Gasteiger partial charge >= 0.3 is 0 Å². The number of rotatable bonds is 16. The number of aliphatic imine (C=N–C) groups is 2. The summed E-state index contributed by atoms with van der Waals surface area (Å²) in [6.07, 6.45) is 21.7. The van der Waals surface area contributed by atoms with Crippen molar-refractivity contribution in [2.75, 3.05) is 18.4 Å². The summed E-state index contributed by atoms with van der Waals surface area (Å²) in [7, 11) is 0. The van der Waals surface area contributed by atoms with E-state index in [0.717, 1.165) is 31.7 Å². The van der Waals surface area contributed by atoms with Crippen LogP contribution in [0.25, 0.3) is 0 Å². The maximum atomic E-state index is 12.8. The van der Waals surface area contributed by atoms with Crippen molar-refractivity contribution in [2.45, 2.75) is 96.8 Å². The van der Waals surface area contributed by atoms with Gasteiger partial charge in [0.15, 0.2) is 11.6 Å². The maximum Gasteiger partial charge on any atom is 0.182 e. The van der Waals surface area contributed by atoms with E-state index >= 15 is 0 Å². The van der Waals surface area contributed by atoms with E-state index in [2.05, 4.69) is 34.1 Å². The van der Waals surface area contributed by atoms with Crippen LogP contribution in [0.5, 0.6) is 0 Å². The molecule has 0 aromatic carbocycles. The van der Waals surface area contributed by atoms with Crippen molar-refractivity contribution in [3.05, 3.63) is 47.2 Å². The van der Waals surface area contributed by atoms with Gasteiger partial charge in [-0.3, -0.25) is 14.6 Å². The predicted molar refractivity (Wildman–Crippen MR) is 149 cm³/mol. The van der Waals surface area contributed by atoms with Gasteiger partial charge in [0, 0.05) is 31.1 Å². The second-order valence-corrected chi connectivity index (χ2v) is 9.76. The zero-order valence-corrected chi connectivity index (χ0v) is 22.1. The van der Waals surface area contributed by atoms with Gasteiger partial charge in [0.05, 0.1) is 5.57 Å². The monoisotopic (exact) mass is 490 g/mol. The summed E-state index contributed by atoms with van der Waals surface area (Å²) in [5.41, 5.74) is 1.46. The van der Waals surface area contributed by atoms with Gasteiger partial charge in [-0.25, -0.2) is 9.98 Å². The first-order valence-corrected chi connectivity index (χ1v) is 13.9. The number of ketones is 2. The van der Waals surface area contributed by atoms with Crippen LogP contribution in [0.4, 0.5) is 5.82 Å². The molecule has 1 aliphatic carbocycles. The number of dihydropyridines is 1. The van der Waals surface area contributed by atoms with Gasteiger partial charge in [-0.05, 0) is 36.6 Å². The second-order valence-electron chi connectivity index (χ2n) is 9.76. The Bertz CT molecular complexity index is 953. The fourth-order valence-electron chi connectivity index (χ4n) is 4.55. The fraction of sp³-hybridized carbons (Fsp3) is 0.567. The minimum absolute atomic E-state index is 0.159. The van der Waals surface area contributed by atoms with E-state index in [-0.39, 0.29) is 17.1 Å². The number of pyridine rings is 1. The average molecular weight is 491 g/mol. The molecule has 0 bridgehead atoms. The Morgan fingerprint density at radius 3 is 2.11 bits per heavy atom. The first-order valence-electron chi connectivity index (χ1n) is 13.9. The number of anilines is 1. The number of carbonyl (C=O) groups is 2. The Hall–Kier alpha value is -2.89. The van der Waals surface area contributed by atoms with E-state index in [9.17, 15) is 9.59 Å². The quantitative estimate of drug-likeness (QED) is 0.120. The van der Waals surface area contributed by atoms with Crippen LogP contribution in [-0.2, 0) is 9.59 Å². The largest absolute Gasteiger partial charge is 0.370 e. The summed E-state index contributed by atoms with van der Waals surface area (Å²) in [6.45, 7) is 6.08. The Labute approximate surface area is 216 Å². The number of allylic oxidation sites excluding steroid dienone is 3. The highest BCUT2D eigenvalue weighted by Gasteiger charge is 2.46. The van der Waals surface area contributed by atoms with Gasteiger partial charge in [0.25, 0.3) is 0 Å². The second kappa shape index (κ2) is 15.3. The zero-order chi connectivity index (χ0) is 25.6. The van der Waals surface area contributed by atoms with Crippen LogP contribution in [0, 0.1) is 0 Å². The molecule has 194 valence electrons. The van der Waals surface area contributed by atoms with E-state index in [1.165, 1.54) is 64.2 Å². The standard InChI is InChI=1S/C30H42N4O2/c1-3-5-7-9-11-13-19-31-25-17-15-23(21-33-25)27-29(35)28(30(27)36)24-16-18-26(34-22-24)32-20-14-12-10-8-6-4-2/h15-18,21-22,27H,3-14,19-20H2,1-2H3,(H,31,33). The molecule has 3 rings (SSSR count). The van der Waals surface area contributed by atoms with E-state index < -0.39 is 5.92 Å². The SMILES string of the molecule is CCCCCCCCN=C1C=CC(=C2C(=O)C(c3ccc(NCCCCCCCC)nc3)C2=O)C=N1. The lowest BCUT2D eigenvalue weighted by Gasteiger charge is -2.27. The average Bonchev–Trinajstić information content (AvgIpc) is 2.89. The fourth-order valence-corrected chi connectivity index (χ4v) is 4.55. The Morgan fingerprint density at radius 1 is 0.833 bits per heavy atom. The summed E-state index contributed by atoms with van der Waals surface area (Å²) in [5.74, 6) is 0.357. The molecule has 2 heterocycles. The molecule has 1 saturated carbocycles. The molecule has 0 spiro atoms. The lowest BCUT2D eigenvalue weighted by Crippen LogP contribution is -2.40. The number of Topliss-reactive ketones (excluding diaryl/α,β-unsaturated/α-hetero) is 2. The number of amidine groups is 1. The highest BCUT2D eigenvalue weighted by Crippen LogP contribution is 2.36. The molecule has 0 unspecified atom stereocenters. The lowest BCUT2D eigenvalue weighted by molar-refractivity contribution is -0.133. The van der Waals surface area contributed by atoms with Crippen LogP contribution in [0.1, 0.15) is 102 Å². The van der Waals surface area contributed by atoms with E-state index in [1.807, 2.05) is 12.1 Å². The predicted octanol–water partition coefficient (Wildman–Crippen LogP) is 6.79. The smallest absolute Gasteiger partial charge is 0.182 e. The van der Waals surface area contributed by atoms with Crippen molar-refractivity contribution in [3.8, 4) is 0 Å².